The Morgan fingerprint density at radius 3 is 2.84 bits per heavy atom. The van der Waals surface area contributed by atoms with Crippen LogP contribution in [0.3, 0.4) is 0 Å². The standard InChI is InChI=1S/C12H17N3O3S/c1-7-3-15(4-9(7)11(17)18)5-10(16)14-12-13-8(2)6-19-12/h6-7,9H,3-5H2,1-2H3,(H,17,18)(H,13,14,16)/t7-,9-/m1/s1. The largest absolute Gasteiger partial charge is 0.481 e. The molecule has 0 spiro atoms. The van der Waals surface area contributed by atoms with Crippen LogP contribution >= 0.6 is 11.3 Å². The van der Waals surface area contributed by atoms with Gasteiger partial charge in [-0.05, 0) is 12.8 Å². The molecule has 2 heterocycles. The number of nitrogens with one attached hydrogen (secondary N) is 1. The van der Waals surface area contributed by atoms with Gasteiger partial charge >= 0.3 is 5.97 Å². The molecule has 19 heavy (non-hydrogen) atoms. The lowest BCUT2D eigenvalue weighted by molar-refractivity contribution is -0.142. The number of hydrogen-bond acceptors (Lipinski definition) is 5. The predicted molar refractivity (Wildman–Crippen MR) is 72.2 cm³/mol. The Balaban J connectivity index is 1.85. The average molecular weight is 283 g/mol. The topological polar surface area (TPSA) is 82.5 Å². The Hall–Kier alpha value is -1.47. The van der Waals surface area contributed by atoms with Crippen molar-refractivity contribution in [2.24, 2.45) is 11.8 Å². The number of amides is 1. The quantitative estimate of drug-likeness (QED) is 0.863. The maximum atomic E-state index is 11.8. The zero-order chi connectivity index (χ0) is 14.0. The van der Waals surface area contributed by atoms with Crippen LogP contribution in [0.2, 0.25) is 0 Å². The molecule has 0 aromatic carbocycles. The molecule has 0 aliphatic carbocycles. The van der Waals surface area contributed by atoms with Crippen LogP contribution in [0.5, 0.6) is 0 Å². The summed E-state index contributed by atoms with van der Waals surface area (Å²) in [7, 11) is 0. The van der Waals surface area contributed by atoms with Crippen molar-refractivity contribution in [3.05, 3.63) is 11.1 Å². The van der Waals surface area contributed by atoms with Crippen LogP contribution in [-0.2, 0) is 9.59 Å². The Morgan fingerprint density at radius 2 is 2.32 bits per heavy atom. The van der Waals surface area contributed by atoms with Crippen LogP contribution < -0.4 is 5.32 Å². The molecule has 104 valence electrons. The van der Waals surface area contributed by atoms with Crippen LogP contribution in [0.4, 0.5) is 5.13 Å². The summed E-state index contributed by atoms with van der Waals surface area (Å²) >= 11 is 1.39. The van der Waals surface area contributed by atoms with Crippen LogP contribution in [0.1, 0.15) is 12.6 Å². The minimum Gasteiger partial charge on any atom is -0.481 e. The summed E-state index contributed by atoms with van der Waals surface area (Å²) in [6.07, 6.45) is 0. The number of carboxylic acid groups (broad SMARTS) is 1. The highest BCUT2D eigenvalue weighted by atomic mass is 32.1. The van der Waals surface area contributed by atoms with Gasteiger partial charge in [0.05, 0.1) is 18.2 Å². The van der Waals surface area contributed by atoms with Gasteiger partial charge in [0.2, 0.25) is 5.91 Å². The van der Waals surface area contributed by atoms with Crippen molar-refractivity contribution >= 4 is 28.3 Å². The molecule has 0 radical (unpaired) electrons. The van der Waals surface area contributed by atoms with Gasteiger partial charge in [-0.3, -0.25) is 14.5 Å². The number of aromatic nitrogens is 1. The number of aliphatic carboxylic acids is 1. The Labute approximate surface area is 115 Å². The molecular formula is C12H17N3O3S. The number of rotatable bonds is 4. The lowest BCUT2D eigenvalue weighted by Crippen LogP contribution is -2.32. The summed E-state index contributed by atoms with van der Waals surface area (Å²) in [6, 6.07) is 0. The van der Waals surface area contributed by atoms with E-state index in [1.807, 2.05) is 24.1 Å². The molecule has 2 N–H and O–H groups in total. The summed E-state index contributed by atoms with van der Waals surface area (Å²) in [5, 5.41) is 14.2. The van der Waals surface area contributed by atoms with Crippen molar-refractivity contribution in [2.75, 3.05) is 25.0 Å². The van der Waals surface area contributed by atoms with Crippen molar-refractivity contribution < 1.29 is 14.7 Å². The molecule has 0 saturated carbocycles. The van der Waals surface area contributed by atoms with Crippen molar-refractivity contribution in [1.82, 2.24) is 9.88 Å². The van der Waals surface area contributed by atoms with Crippen molar-refractivity contribution in [2.45, 2.75) is 13.8 Å². The van der Waals surface area contributed by atoms with Crippen LogP contribution in [0.15, 0.2) is 5.38 Å². The lowest BCUT2D eigenvalue weighted by Gasteiger charge is -2.13. The van der Waals surface area contributed by atoms with Gasteiger partial charge in [0.1, 0.15) is 0 Å². The molecule has 1 saturated heterocycles. The van der Waals surface area contributed by atoms with Crippen molar-refractivity contribution in [3.63, 3.8) is 0 Å². The molecule has 6 nitrogen and oxygen atoms in total. The van der Waals surface area contributed by atoms with Gasteiger partial charge in [-0.25, -0.2) is 4.98 Å². The second kappa shape index (κ2) is 5.66. The number of anilines is 1. The van der Waals surface area contributed by atoms with E-state index in [1.165, 1.54) is 11.3 Å². The van der Waals surface area contributed by atoms with Crippen LogP contribution in [0, 0.1) is 18.8 Å². The maximum Gasteiger partial charge on any atom is 0.308 e. The van der Waals surface area contributed by atoms with Gasteiger partial charge in [-0.1, -0.05) is 6.92 Å². The van der Waals surface area contributed by atoms with E-state index in [9.17, 15) is 9.59 Å². The van der Waals surface area contributed by atoms with Crippen LogP contribution in [0.25, 0.3) is 0 Å². The molecule has 0 bridgehead atoms. The summed E-state index contributed by atoms with van der Waals surface area (Å²) in [5.41, 5.74) is 0.876. The number of likely N-dealkylation sites (tertiary alicyclic amines) is 1. The fourth-order valence-corrected chi connectivity index (χ4v) is 3.00. The van der Waals surface area contributed by atoms with Gasteiger partial charge in [0.15, 0.2) is 5.13 Å². The number of carboxylic acids is 1. The summed E-state index contributed by atoms with van der Waals surface area (Å²) in [6.45, 7) is 5.06. The lowest BCUT2D eigenvalue weighted by atomic mass is 9.99. The van der Waals surface area contributed by atoms with Gasteiger partial charge < -0.3 is 10.4 Å². The Kier molecular flexibility index (Phi) is 4.16. The average Bonchev–Trinajstić information content (AvgIpc) is 2.85. The molecule has 7 heteroatoms. The first-order valence-corrected chi connectivity index (χ1v) is 7.01. The third-order valence-electron chi connectivity index (χ3n) is 3.24. The van der Waals surface area contributed by atoms with E-state index in [2.05, 4.69) is 10.3 Å². The summed E-state index contributed by atoms with van der Waals surface area (Å²) in [4.78, 5) is 28.9. The smallest absolute Gasteiger partial charge is 0.308 e. The zero-order valence-electron chi connectivity index (χ0n) is 10.9. The number of carbonyl (C=O) groups excluding carboxylic acids is 1. The van der Waals surface area contributed by atoms with Crippen LogP contribution in [-0.4, -0.2) is 46.5 Å². The monoisotopic (exact) mass is 283 g/mol. The number of hydrogen-bond donors (Lipinski definition) is 2. The molecule has 2 atom stereocenters. The molecule has 1 fully saturated rings. The third-order valence-corrected chi connectivity index (χ3v) is 4.11. The predicted octanol–water partition coefficient (Wildman–Crippen LogP) is 1.04. The van der Waals surface area contributed by atoms with E-state index in [0.717, 1.165) is 5.69 Å². The highest BCUT2D eigenvalue weighted by Gasteiger charge is 2.35. The summed E-state index contributed by atoms with van der Waals surface area (Å²) in [5.74, 6) is -1.24. The SMILES string of the molecule is Cc1csc(NC(=O)CN2C[C@@H](C)[C@H](C(=O)O)C2)n1. The fourth-order valence-electron chi connectivity index (χ4n) is 2.29. The first kappa shape index (κ1) is 14.0. The molecule has 1 aromatic heterocycles. The molecular weight excluding hydrogens is 266 g/mol. The second-order valence-corrected chi connectivity index (χ2v) is 5.82. The van der Waals surface area contributed by atoms with Gasteiger partial charge in [-0.15, -0.1) is 11.3 Å². The number of thiazole rings is 1. The summed E-state index contributed by atoms with van der Waals surface area (Å²) < 4.78 is 0. The highest BCUT2D eigenvalue weighted by Crippen LogP contribution is 2.23. The van der Waals surface area contributed by atoms with E-state index < -0.39 is 5.97 Å². The molecule has 1 amide bonds. The molecule has 0 unspecified atom stereocenters. The van der Waals surface area contributed by atoms with E-state index >= 15 is 0 Å². The van der Waals surface area contributed by atoms with Crippen molar-refractivity contribution in [3.8, 4) is 0 Å². The fraction of sp³-hybridized carbons (Fsp3) is 0.583. The van der Waals surface area contributed by atoms with Gasteiger partial charge in [0.25, 0.3) is 0 Å². The van der Waals surface area contributed by atoms with E-state index in [-0.39, 0.29) is 24.3 Å². The second-order valence-electron chi connectivity index (χ2n) is 4.96. The van der Waals surface area contributed by atoms with E-state index in [4.69, 9.17) is 5.11 Å². The first-order chi connectivity index (χ1) is 8.95. The Bertz CT molecular complexity index is 488. The Morgan fingerprint density at radius 1 is 1.58 bits per heavy atom. The van der Waals surface area contributed by atoms with E-state index in [1.54, 1.807) is 0 Å². The van der Waals surface area contributed by atoms with Crippen molar-refractivity contribution in [1.29, 1.82) is 0 Å². The normalized spacial score (nSPS) is 23.5. The molecule has 1 aliphatic heterocycles. The maximum absolute atomic E-state index is 11.8. The van der Waals surface area contributed by atoms with Gasteiger partial charge in [0, 0.05) is 18.5 Å². The third kappa shape index (κ3) is 3.51. The molecule has 1 aromatic rings. The number of aryl methyl sites for hydroxylation is 1. The minimum atomic E-state index is -0.786. The number of nitrogens with zero attached hydrogens (tertiary/aromatic N) is 2. The van der Waals surface area contributed by atoms with Gasteiger partial charge in [-0.2, -0.15) is 0 Å². The highest BCUT2D eigenvalue weighted by molar-refractivity contribution is 7.13. The van der Waals surface area contributed by atoms with E-state index in [0.29, 0.717) is 18.2 Å². The molecule has 1 aliphatic rings. The minimum absolute atomic E-state index is 0.0763. The molecule has 2 rings (SSSR count). The first-order valence-electron chi connectivity index (χ1n) is 6.13. The zero-order valence-corrected chi connectivity index (χ0v) is 11.7. The number of carbonyl (C=O) groups is 2.